The third-order valence-electron chi connectivity index (χ3n) is 4.53. The molecule has 0 radical (unpaired) electrons. The molecule has 114 valence electrons. The third-order valence-corrected chi connectivity index (χ3v) is 4.53. The smallest absolute Gasteiger partial charge is 0.00530 e. The largest absolute Gasteiger partial charge is 0.316 e. The van der Waals surface area contributed by atoms with Gasteiger partial charge in [-0.25, -0.2) is 0 Å². The molecule has 1 N–H and O–H groups in total. The summed E-state index contributed by atoms with van der Waals surface area (Å²) in [4.78, 5) is 2.72. The van der Waals surface area contributed by atoms with Crippen molar-refractivity contribution in [2.24, 2.45) is 11.3 Å². The van der Waals surface area contributed by atoms with Gasteiger partial charge in [-0.3, -0.25) is 0 Å². The molecule has 1 saturated carbocycles. The minimum Gasteiger partial charge on any atom is -0.316 e. The maximum Gasteiger partial charge on any atom is 0.00530 e. The SMILES string of the molecule is CCNCC1(CN(CC(C)C)C(C)C)CCCCC1. The molecule has 0 aliphatic heterocycles. The molecule has 0 aromatic heterocycles. The zero-order valence-electron chi connectivity index (χ0n) is 14.0. The monoisotopic (exact) mass is 268 g/mol. The minimum absolute atomic E-state index is 0.535. The van der Waals surface area contributed by atoms with Crippen LogP contribution in [-0.4, -0.2) is 37.1 Å². The summed E-state index contributed by atoms with van der Waals surface area (Å²) < 4.78 is 0. The highest BCUT2D eigenvalue weighted by Gasteiger charge is 2.34. The molecule has 1 fully saturated rings. The fourth-order valence-electron chi connectivity index (χ4n) is 3.44. The summed E-state index contributed by atoms with van der Waals surface area (Å²) in [5.41, 5.74) is 0.535. The van der Waals surface area contributed by atoms with E-state index >= 15 is 0 Å². The Morgan fingerprint density at radius 1 is 1.05 bits per heavy atom. The van der Waals surface area contributed by atoms with Crippen LogP contribution in [0.15, 0.2) is 0 Å². The van der Waals surface area contributed by atoms with E-state index in [2.05, 4.69) is 44.8 Å². The van der Waals surface area contributed by atoms with Crippen molar-refractivity contribution in [2.75, 3.05) is 26.2 Å². The molecule has 1 aliphatic carbocycles. The van der Waals surface area contributed by atoms with Crippen molar-refractivity contribution < 1.29 is 0 Å². The van der Waals surface area contributed by atoms with Gasteiger partial charge in [0.1, 0.15) is 0 Å². The first-order chi connectivity index (χ1) is 8.99. The van der Waals surface area contributed by atoms with Crippen LogP contribution in [0.5, 0.6) is 0 Å². The Kier molecular flexibility index (Phi) is 7.38. The molecule has 2 nitrogen and oxygen atoms in total. The van der Waals surface area contributed by atoms with Gasteiger partial charge < -0.3 is 10.2 Å². The zero-order valence-corrected chi connectivity index (χ0v) is 14.0. The molecule has 0 aromatic carbocycles. The van der Waals surface area contributed by atoms with E-state index in [1.807, 2.05) is 0 Å². The molecule has 19 heavy (non-hydrogen) atoms. The Labute approximate surface area is 121 Å². The van der Waals surface area contributed by atoms with Crippen molar-refractivity contribution in [2.45, 2.75) is 72.8 Å². The molecule has 0 amide bonds. The van der Waals surface area contributed by atoms with E-state index in [1.165, 1.54) is 51.7 Å². The summed E-state index contributed by atoms with van der Waals surface area (Å²) in [6.07, 6.45) is 7.14. The van der Waals surface area contributed by atoms with Crippen LogP contribution in [0, 0.1) is 11.3 Å². The van der Waals surface area contributed by atoms with Crippen molar-refractivity contribution in [1.29, 1.82) is 0 Å². The topological polar surface area (TPSA) is 15.3 Å². The molecule has 0 aromatic rings. The molecule has 1 aliphatic rings. The summed E-state index contributed by atoms with van der Waals surface area (Å²) in [7, 11) is 0. The number of hydrogen-bond donors (Lipinski definition) is 1. The quantitative estimate of drug-likeness (QED) is 0.718. The highest BCUT2D eigenvalue weighted by atomic mass is 15.2. The van der Waals surface area contributed by atoms with Crippen LogP contribution < -0.4 is 5.32 Å². The average molecular weight is 268 g/mol. The van der Waals surface area contributed by atoms with Crippen LogP contribution in [0.1, 0.15) is 66.7 Å². The molecular weight excluding hydrogens is 232 g/mol. The van der Waals surface area contributed by atoms with Crippen molar-refractivity contribution in [1.82, 2.24) is 10.2 Å². The number of nitrogens with zero attached hydrogens (tertiary/aromatic N) is 1. The first-order valence-corrected chi connectivity index (χ1v) is 8.44. The maximum absolute atomic E-state index is 3.63. The first-order valence-electron chi connectivity index (χ1n) is 8.44. The molecule has 0 unspecified atom stereocenters. The summed E-state index contributed by atoms with van der Waals surface area (Å²) in [6.45, 7) is 16.5. The second-order valence-corrected chi connectivity index (χ2v) is 7.26. The van der Waals surface area contributed by atoms with Gasteiger partial charge in [-0.15, -0.1) is 0 Å². The molecule has 0 saturated heterocycles. The Morgan fingerprint density at radius 2 is 1.68 bits per heavy atom. The predicted molar refractivity (Wildman–Crippen MR) is 85.6 cm³/mol. The zero-order chi connectivity index (χ0) is 14.3. The average Bonchev–Trinajstić information content (AvgIpc) is 2.36. The fourth-order valence-corrected chi connectivity index (χ4v) is 3.44. The molecule has 0 atom stereocenters. The van der Waals surface area contributed by atoms with Crippen LogP contribution in [0.2, 0.25) is 0 Å². The van der Waals surface area contributed by atoms with Crippen molar-refractivity contribution in [3.63, 3.8) is 0 Å². The van der Waals surface area contributed by atoms with Gasteiger partial charge in [0, 0.05) is 25.7 Å². The number of hydrogen-bond acceptors (Lipinski definition) is 2. The predicted octanol–water partition coefficient (Wildman–Crippen LogP) is 3.91. The lowest BCUT2D eigenvalue weighted by Crippen LogP contribution is -2.48. The van der Waals surface area contributed by atoms with Crippen molar-refractivity contribution in [3.8, 4) is 0 Å². The summed E-state index contributed by atoms with van der Waals surface area (Å²) in [5.74, 6) is 0.766. The van der Waals surface area contributed by atoms with Crippen LogP contribution >= 0.6 is 0 Å². The Balaban J connectivity index is 2.67. The Morgan fingerprint density at radius 3 is 2.16 bits per heavy atom. The minimum atomic E-state index is 0.535. The van der Waals surface area contributed by atoms with E-state index in [0.717, 1.165) is 12.5 Å². The van der Waals surface area contributed by atoms with Crippen molar-refractivity contribution in [3.05, 3.63) is 0 Å². The van der Waals surface area contributed by atoms with Gasteiger partial charge in [0.25, 0.3) is 0 Å². The Bertz CT molecular complexity index is 229. The number of nitrogens with one attached hydrogen (secondary N) is 1. The lowest BCUT2D eigenvalue weighted by molar-refractivity contribution is 0.0758. The summed E-state index contributed by atoms with van der Waals surface area (Å²) in [6, 6.07) is 0.669. The van der Waals surface area contributed by atoms with Gasteiger partial charge in [-0.2, -0.15) is 0 Å². The van der Waals surface area contributed by atoms with E-state index in [-0.39, 0.29) is 0 Å². The normalized spacial score (nSPS) is 19.6. The van der Waals surface area contributed by atoms with Crippen LogP contribution in [-0.2, 0) is 0 Å². The second-order valence-electron chi connectivity index (χ2n) is 7.26. The number of rotatable bonds is 8. The van der Waals surface area contributed by atoms with E-state index in [4.69, 9.17) is 0 Å². The van der Waals surface area contributed by atoms with Crippen LogP contribution in [0.3, 0.4) is 0 Å². The van der Waals surface area contributed by atoms with E-state index in [0.29, 0.717) is 11.5 Å². The molecular formula is C17H36N2. The van der Waals surface area contributed by atoms with Crippen LogP contribution in [0.4, 0.5) is 0 Å². The highest BCUT2D eigenvalue weighted by molar-refractivity contribution is 4.88. The Hall–Kier alpha value is -0.0800. The third kappa shape index (κ3) is 5.83. The van der Waals surface area contributed by atoms with E-state index in [1.54, 1.807) is 0 Å². The van der Waals surface area contributed by atoms with Gasteiger partial charge in [-0.05, 0) is 44.6 Å². The highest BCUT2D eigenvalue weighted by Crippen LogP contribution is 2.37. The molecule has 2 heteroatoms. The van der Waals surface area contributed by atoms with Gasteiger partial charge in [0.05, 0.1) is 0 Å². The van der Waals surface area contributed by atoms with E-state index in [9.17, 15) is 0 Å². The second kappa shape index (κ2) is 8.26. The van der Waals surface area contributed by atoms with Crippen molar-refractivity contribution >= 4 is 0 Å². The van der Waals surface area contributed by atoms with Crippen LogP contribution in [0.25, 0.3) is 0 Å². The van der Waals surface area contributed by atoms with Gasteiger partial charge in [-0.1, -0.05) is 40.0 Å². The summed E-state index contributed by atoms with van der Waals surface area (Å²) in [5, 5.41) is 3.63. The molecule has 0 spiro atoms. The molecule has 0 heterocycles. The maximum atomic E-state index is 3.63. The summed E-state index contributed by atoms with van der Waals surface area (Å²) >= 11 is 0. The molecule has 1 rings (SSSR count). The lowest BCUT2D eigenvalue weighted by Gasteiger charge is -2.43. The lowest BCUT2D eigenvalue weighted by atomic mass is 9.73. The molecule has 0 bridgehead atoms. The van der Waals surface area contributed by atoms with Gasteiger partial charge >= 0.3 is 0 Å². The van der Waals surface area contributed by atoms with E-state index < -0.39 is 0 Å². The van der Waals surface area contributed by atoms with Gasteiger partial charge in [0.2, 0.25) is 0 Å². The fraction of sp³-hybridized carbons (Fsp3) is 1.00. The first kappa shape index (κ1) is 17.0. The van der Waals surface area contributed by atoms with Gasteiger partial charge in [0.15, 0.2) is 0 Å². The standard InChI is InChI=1S/C17H36N2/c1-6-18-13-17(10-8-7-9-11-17)14-19(16(4)5)12-15(2)3/h15-16,18H,6-14H2,1-5H3.